The number of nitrogen functional groups attached to an aromatic ring is 1. The summed E-state index contributed by atoms with van der Waals surface area (Å²) in [6, 6.07) is 0.981. The highest BCUT2D eigenvalue weighted by Gasteiger charge is 2.32. The molecule has 0 spiro atoms. The van der Waals surface area contributed by atoms with Crippen LogP contribution < -0.4 is 16.2 Å². The molecule has 19 heavy (non-hydrogen) atoms. The van der Waals surface area contributed by atoms with Crippen molar-refractivity contribution in [3.63, 3.8) is 0 Å². The van der Waals surface area contributed by atoms with E-state index in [9.17, 15) is 18.0 Å². The maximum atomic E-state index is 12.1. The molecule has 0 unspecified atom stereocenters. The number of pyridine rings is 1. The summed E-state index contributed by atoms with van der Waals surface area (Å²) in [6.07, 6.45) is -5.17. The molecular weight excluding hydrogens is 267 g/mol. The van der Waals surface area contributed by atoms with E-state index in [1.54, 1.807) is 0 Å². The summed E-state index contributed by atoms with van der Waals surface area (Å²) in [5.41, 5.74) is 11.1. The van der Waals surface area contributed by atoms with E-state index < -0.39 is 23.9 Å². The van der Waals surface area contributed by atoms with Crippen molar-refractivity contribution in [3.05, 3.63) is 17.3 Å². The quantitative estimate of drug-likeness (QED) is 0.788. The highest BCUT2D eigenvalue weighted by atomic mass is 19.4. The number of hydrogen-bond donors (Lipinski definition) is 2. The number of ether oxygens (including phenoxy) is 2. The molecule has 0 atom stereocenters. The third-order valence-corrected chi connectivity index (χ3v) is 2.17. The van der Waals surface area contributed by atoms with Gasteiger partial charge in [0.25, 0.3) is 0 Å². The number of carbonyl (C=O) groups is 1. The molecule has 0 amide bonds. The fourth-order valence-corrected chi connectivity index (χ4v) is 1.35. The molecule has 0 saturated heterocycles. The van der Waals surface area contributed by atoms with Crippen molar-refractivity contribution in [3.8, 4) is 5.75 Å². The summed E-state index contributed by atoms with van der Waals surface area (Å²) in [7, 11) is 1.16. The molecule has 0 bridgehead atoms. The van der Waals surface area contributed by atoms with Gasteiger partial charge in [0, 0.05) is 6.54 Å². The largest absolute Gasteiger partial charge is 0.573 e. The van der Waals surface area contributed by atoms with Crippen LogP contribution in [0.4, 0.5) is 19.0 Å². The molecule has 1 aromatic rings. The summed E-state index contributed by atoms with van der Waals surface area (Å²) in [5, 5.41) is 0. The van der Waals surface area contributed by atoms with Crippen LogP contribution in [0.2, 0.25) is 0 Å². The smallest absolute Gasteiger partial charge is 0.469 e. The van der Waals surface area contributed by atoms with E-state index in [4.69, 9.17) is 11.5 Å². The number of nitrogens with two attached hydrogens (primary N) is 2. The van der Waals surface area contributed by atoms with E-state index in [1.165, 1.54) is 0 Å². The first kappa shape index (κ1) is 15.0. The fraction of sp³-hybridized carbons (Fsp3) is 0.400. The molecule has 0 radical (unpaired) electrons. The Morgan fingerprint density at radius 1 is 1.47 bits per heavy atom. The van der Waals surface area contributed by atoms with E-state index in [-0.39, 0.29) is 24.2 Å². The Hall–Kier alpha value is -2.03. The molecule has 0 aliphatic rings. The Kier molecular flexibility index (Phi) is 4.54. The minimum absolute atomic E-state index is 0.0805. The molecular formula is C10H12F3N3O3. The second-order valence-electron chi connectivity index (χ2n) is 3.48. The SMILES string of the molecule is COC(=O)Cc1cc(OC(F)(F)F)c(N)nc1CN. The monoisotopic (exact) mass is 279 g/mol. The van der Waals surface area contributed by atoms with Gasteiger partial charge in [0.2, 0.25) is 0 Å². The van der Waals surface area contributed by atoms with Crippen LogP contribution in [0.15, 0.2) is 6.07 Å². The van der Waals surface area contributed by atoms with Crippen LogP contribution in [0, 0.1) is 0 Å². The van der Waals surface area contributed by atoms with E-state index in [0.717, 1.165) is 13.2 Å². The van der Waals surface area contributed by atoms with Crippen LogP contribution in [-0.2, 0) is 22.5 Å². The van der Waals surface area contributed by atoms with Crippen LogP contribution in [-0.4, -0.2) is 24.4 Å². The van der Waals surface area contributed by atoms with Gasteiger partial charge in [-0.05, 0) is 11.6 Å². The number of nitrogens with zero attached hydrogens (tertiary/aromatic N) is 1. The summed E-state index contributed by atoms with van der Waals surface area (Å²) in [5.74, 6) is -1.77. The fourth-order valence-electron chi connectivity index (χ4n) is 1.35. The van der Waals surface area contributed by atoms with Crippen LogP contribution in [0.25, 0.3) is 0 Å². The molecule has 0 aliphatic carbocycles. The van der Waals surface area contributed by atoms with Crippen molar-refractivity contribution in [2.45, 2.75) is 19.3 Å². The first-order chi connectivity index (χ1) is 8.76. The average molecular weight is 279 g/mol. The van der Waals surface area contributed by atoms with Crippen LogP contribution in [0.3, 0.4) is 0 Å². The zero-order valence-electron chi connectivity index (χ0n) is 9.95. The summed E-state index contributed by atoms with van der Waals surface area (Å²) in [4.78, 5) is 14.8. The lowest BCUT2D eigenvalue weighted by atomic mass is 10.1. The molecule has 6 nitrogen and oxygen atoms in total. The van der Waals surface area contributed by atoms with Crippen LogP contribution >= 0.6 is 0 Å². The molecule has 0 saturated carbocycles. The summed E-state index contributed by atoms with van der Waals surface area (Å²) >= 11 is 0. The van der Waals surface area contributed by atoms with E-state index in [0.29, 0.717) is 0 Å². The van der Waals surface area contributed by atoms with Gasteiger partial charge in [-0.2, -0.15) is 0 Å². The number of rotatable bonds is 4. The normalized spacial score (nSPS) is 11.2. The standard InChI is InChI=1S/C10H12F3N3O3/c1-18-8(17)3-5-2-7(19-10(11,12)13)9(15)16-6(5)4-14/h2H,3-4,14H2,1H3,(H2,15,16). The maximum Gasteiger partial charge on any atom is 0.573 e. The minimum atomic E-state index is -4.90. The van der Waals surface area contributed by atoms with Gasteiger partial charge < -0.3 is 20.9 Å². The molecule has 0 aliphatic heterocycles. The van der Waals surface area contributed by atoms with Crippen molar-refractivity contribution in [1.29, 1.82) is 0 Å². The second-order valence-corrected chi connectivity index (χ2v) is 3.48. The van der Waals surface area contributed by atoms with Gasteiger partial charge in [0.05, 0.1) is 19.2 Å². The van der Waals surface area contributed by atoms with Crippen LogP contribution in [0.5, 0.6) is 5.75 Å². The second kappa shape index (κ2) is 5.74. The third kappa shape index (κ3) is 4.28. The Bertz CT molecular complexity index is 477. The average Bonchev–Trinajstić information content (AvgIpc) is 2.31. The first-order valence-electron chi connectivity index (χ1n) is 5.07. The van der Waals surface area contributed by atoms with Crippen molar-refractivity contribution in [1.82, 2.24) is 4.98 Å². The number of hydrogen-bond acceptors (Lipinski definition) is 6. The molecule has 0 fully saturated rings. The van der Waals surface area contributed by atoms with Gasteiger partial charge in [0.15, 0.2) is 11.6 Å². The van der Waals surface area contributed by atoms with E-state index >= 15 is 0 Å². The molecule has 1 rings (SSSR count). The van der Waals surface area contributed by atoms with Crippen LogP contribution in [0.1, 0.15) is 11.3 Å². The Morgan fingerprint density at radius 2 is 2.11 bits per heavy atom. The van der Waals surface area contributed by atoms with Gasteiger partial charge in [-0.15, -0.1) is 13.2 Å². The number of anilines is 1. The highest BCUT2D eigenvalue weighted by molar-refractivity contribution is 5.73. The van der Waals surface area contributed by atoms with E-state index in [1.807, 2.05) is 0 Å². The van der Waals surface area contributed by atoms with Gasteiger partial charge in [-0.1, -0.05) is 0 Å². The van der Waals surface area contributed by atoms with E-state index in [2.05, 4.69) is 14.5 Å². The zero-order valence-corrected chi connectivity index (χ0v) is 9.95. The lowest BCUT2D eigenvalue weighted by molar-refractivity contribution is -0.274. The van der Waals surface area contributed by atoms with Crippen molar-refractivity contribution in [2.24, 2.45) is 5.73 Å². The predicted octanol–water partition coefficient (Wildman–Crippen LogP) is 0.737. The number of methoxy groups -OCH3 is 1. The van der Waals surface area contributed by atoms with Gasteiger partial charge in [-0.25, -0.2) is 4.98 Å². The molecule has 9 heteroatoms. The number of esters is 1. The third-order valence-electron chi connectivity index (χ3n) is 2.17. The number of carbonyl (C=O) groups excluding carboxylic acids is 1. The molecule has 1 aromatic heterocycles. The number of halogens is 3. The summed E-state index contributed by atoms with van der Waals surface area (Å²) in [6.45, 7) is -0.0805. The van der Waals surface area contributed by atoms with Crippen molar-refractivity contribution >= 4 is 11.8 Å². The predicted molar refractivity (Wildman–Crippen MR) is 58.9 cm³/mol. The van der Waals surface area contributed by atoms with Gasteiger partial charge in [0.1, 0.15) is 0 Å². The highest BCUT2D eigenvalue weighted by Crippen LogP contribution is 2.29. The maximum absolute atomic E-state index is 12.1. The Labute approximate surface area is 106 Å². The molecule has 1 heterocycles. The molecule has 0 aromatic carbocycles. The summed E-state index contributed by atoms with van der Waals surface area (Å²) < 4.78 is 44.6. The number of aromatic nitrogens is 1. The minimum Gasteiger partial charge on any atom is -0.469 e. The zero-order chi connectivity index (χ0) is 14.6. The number of alkyl halides is 3. The van der Waals surface area contributed by atoms with Gasteiger partial charge in [-0.3, -0.25) is 4.79 Å². The topological polar surface area (TPSA) is 100 Å². The molecule has 4 N–H and O–H groups in total. The Balaban J connectivity index is 3.14. The molecule has 106 valence electrons. The van der Waals surface area contributed by atoms with Gasteiger partial charge >= 0.3 is 12.3 Å². The Morgan fingerprint density at radius 3 is 2.58 bits per heavy atom. The lowest BCUT2D eigenvalue weighted by Gasteiger charge is -2.14. The van der Waals surface area contributed by atoms with Crippen molar-refractivity contribution < 1.29 is 27.4 Å². The lowest BCUT2D eigenvalue weighted by Crippen LogP contribution is -2.20. The first-order valence-corrected chi connectivity index (χ1v) is 5.07. The van der Waals surface area contributed by atoms with Crippen molar-refractivity contribution in [2.75, 3.05) is 12.8 Å².